The van der Waals surface area contributed by atoms with Crippen LogP contribution in [0.15, 0.2) is 48.8 Å². The lowest BCUT2D eigenvalue weighted by molar-refractivity contribution is -0.134. The second-order valence-electron chi connectivity index (χ2n) is 6.93. The van der Waals surface area contributed by atoms with Crippen LogP contribution in [0.3, 0.4) is 0 Å². The van der Waals surface area contributed by atoms with Crippen molar-refractivity contribution in [3.8, 4) is 0 Å². The quantitative estimate of drug-likeness (QED) is 0.772. The van der Waals surface area contributed by atoms with Crippen LogP contribution in [0.2, 0.25) is 0 Å². The van der Waals surface area contributed by atoms with Gasteiger partial charge in [-0.25, -0.2) is 4.39 Å². The first-order chi connectivity index (χ1) is 14.0. The summed E-state index contributed by atoms with van der Waals surface area (Å²) in [6.45, 7) is 1.18. The van der Waals surface area contributed by atoms with E-state index in [1.165, 1.54) is 18.2 Å². The van der Waals surface area contributed by atoms with E-state index in [-0.39, 0.29) is 29.8 Å². The summed E-state index contributed by atoms with van der Waals surface area (Å²) in [5, 5.41) is 5.42. The molecule has 0 aliphatic carbocycles. The second-order valence-corrected chi connectivity index (χ2v) is 6.93. The van der Waals surface area contributed by atoms with Gasteiger partial charge in [0.05, 0.1) is 6.54 Å². The lowest BCUT2D eigenvalue weighted by atomic mass is 9.95. The molecule has 8 heteroatoms. The summed E-state index contributed by atoms with van der Waals surface area (Å²) in [6, 6.07) is 9.01. The van der Waals surface area contributed by atoms with E-state index in [1.54, 1.807) is 17.3 Å². The Morgan fingerprint density at radius 1 is 1.10 bits per heavy atom. The third kappa shape index (κ3) is 5.84. The molecule has 1 saturated heterocycles. The minimum atomic E-state index is -0.507. The number of nitrogens with one attached hydrogen (secondary N) is 2. The fourth-order valence-electron chi connectivity index (χ4n) is 3.23. The lowest BCUT2D eigenvalue weighted by Gasteiger charge is -2.31. The summed E-state index contributed by atoms with van der Waals surface area (Å²) in [5.74, 6) is -1.39. The van der Waals surface area contributed by atoms with E-state index in [4.69, 9.17) is 0 Å². The minimum absolute atomic E-state index is 0.0274. The molecule has 2 aromatic rings. The first-order valence-corrected chi connectivity index (χ1v) is 9.51. The van der Waals surface area contributed by atoms with Gasteiger partial charge in [0, 0.05) is 43.5 Å². The van der Waals surface area contributed by atoms with Gasteiger partial charge < -0.3 is 15.5 Å². The van der Waals surface area contributed by atoms with E-state index in [0.29, 0.717) is 32.5 Å². The van der Waals surface area contributed by atoms with Gasteiger partial charge in [-0.3, -0.25) is 19.4 Å². The molecule has 3 rings (SSSR count). The van der Waals surface area contributed by atoms with Gasteiger partial charge in [-0.15, -0.1) is 0 Å². The van der Waals surface area contributed by atoms with Gasteiger partial charge in [-0.1, -0.05) is 12.1 Å². The Morgan fingerprint density at radius 3 is 2.59 bits per heavy atom. The zero-order valence-electron chi connectivity index (χ0n) is 15.9. The Morgan fingerprint density at radius 2 is 1.90 bits per heavy atom. The second kappa shape index (κ2) is 9.77. The smallest absolute Gasteiger partial charge is 0.251 e. The Bertz CT molecular complexity index is 867. The highest BCUT2D eigenvalue weighted by atomic mass is 19.1. The molecule has 1 aliphatic rings. The summed E-state index contributed by atoms with van der Waals surface area (Å²) in [5.41, 5.74) is 1.10. The number of aromatic nitrogens is 1. The Hall–Kier alpha value is -3.29. The molecular weight excluding hydrogens is 375 g/mol. The number of halogens is 1. The van der Waals surface area contributed by atoms with Gasteiger partial charge in [-0.05, 0) is 42.7 Å². The first-order valence-electron chi connectivity index (χ1n) is 9.51. The summed E-state index contributed by atoms with van der Waals surface area (Å²) in [6.07, 6.45) is 4.53. The standard InChI is InChI=1S/C21H23FN4O3/c22-18-5-1-4-17(11-18)21(29)25-14-19(27)26-9-6-16(7-10-26)20(28)24-13-15-3-2-8-23-12-15/h1-5,8,11-12,16H,6-7,9-10,13-14H2,(H,24,28)(H,25,29). The van der Waals surface area contributed by atoms with Crippen molar-refractivity contribution in [2.75, 3.05) is 19.6 Å². The van der Waals surface area contributed by atoms with Crippen LogP contribution in [0.4, 0.5) is 4.39 Å². The topological polar surface area (TPSA) is 91.4 Å². The van der Waals surface area contributed by atoms with Crippen molar-refractivity contribution in [3.63, 3.8) is 0 Å². The van der Waals surface area contributed by atoms with Gasteiger partial charge in [0.1, 0.15) is 5.82 Å². The van der Waals surface area contributed by atoms with Gasteiger partial charge in [-0.2, -0.15) is 0 Å². The van der Waals surface area contributed by atoms with Crippen molar-refractivity contribution in [3.05, 3.63) is 65.7 Å². The molecule has 1 fully saturated rings. The van der Waals surface area contributed by atoms with Gasteiger partial charge in [0.15, 0.2) is 0 Å². The number of likely N-dealkylation sites (tertiary alicyclic amines) is 1. The summed E-state index contributed by atoms with van der Waals surface area (Å²) in [7, 11) is 0. The monoisotopic (exact) mass is 398 g/mol. The SMILES string of the molecule is O=C(NCC(=O)N1CCC(C(=O)NCc2cccnc2)CC1)c1cccc(F)c1. The maximum Gasteiger partial charge on any atom is 0.251 e. The molecule has 0 saturated carbocycles. The molecule has 3 amide bonds. The van der Waals surface area contributed by atoms with Crippen LogP contribution in [0.25, 0.3) is 0 Å². The van der Waals surface area contributed by atoms with Gasteiger partial charge in [0.2, 0.25) is 11.8 Å². The van der Waals surface area contributed by atoms with Crippen molar-refractivity contribution >= 4 is 17.7 Å². The normalized spacial score (nSPS) is 14.3. The molecule has 7 nitrogen and oxygen atoms in total. The highest BCUT2D eigenvalue weighted by Crippen LogP contribution is 2.17. The number of rotatable bonds is 6. The number of amides is 3. The maximum absolute atomic E-state index is 13.2. The number of piperidine rings is 1. The number of hydrogen-bond acceptors (Lipinski definition) is 4. The third-order valence-corrected chi connectivity index (χ3v) is 4.89. The summed E-state index contributed by atoms with van der Waals surface area (Å²) in [4.78, 5) is 42.3. The molecule has 0 unspecified atom stereocenters. The average molecular weight is 398 g/mol. The largest absolute Gasteiger partial charge is 0.352 e. The van der Waals surface area contributed by atoms with E-state index in [9.17, 15) is 18.8 Å². The Balaban J connectivity index is 1.40. The van der Waals surface area contributed by atoms with Crippen LogP contribution in [0.5, 0.6) is 0 Å². The number of carbonyl (C=O) groups excluding carboxylic acids is 3. The van der Waals surface area contributed by atoms with Crippen molar-refractivity contribution in [1.82, 2.24) is 20.5 Å². The van der Waals surface area contributed by atoms with E-state index in [2.05, 4.69) is 15.6 Å². The molecule has 1 aromatic carbocycles. The molecule has 2 N–H and O–H groups in total. The first kappa shape index (κ1) is 20.4. The molecule has 1 aliphatic heterocycles. The summed E-state index contributed by atoms with van der Waals surface area (Å²) >= 11 is 0. The minimum Gasteiger partial charge on any atom is -0.352 e. The molecule has 0 radical (unpaired) electrons. The van der Waals surface area contributed by atoms with Crippen molar-refractivity contribution < 1.29 is 18.8 Å². The predicted molar refractivity (Wildman–Crippen MR) is 104 cm³/mol. The highest BCUT2D eigenvalue weighted by Gasteiger charge is 2.27. The van der Waals surface area contributed by atoms with E-state index < -0.39 is 11.7 Å². The Kier molecular flexibility index (Phi) is 6.89. The zero-order chi connectivity index (χ0) is 20.6. The molecule has 2 heterocycles. The van der Waals surface area contributed by atoms with E-state index in [1.807, 2.05) is 12.1 Å². The fourth-order valence-corrected chi connectivity index (χ4v) is 3.23. The highest BCUT2D eigenvalue weighted by molar-refractivity contribution is 5.96. The molecule has 152 valence electrons. The van der Waals surface area contributed by atoms with Crippen LogP contribution in [-0.4, -0.2) is 47.2 Å². The predicted octanol–water partition coefficient (Wildman–Crippen LogP) is 1.51. The van der Waals surface area contributed by atoms with Crippen LogP contribution in [0.1, 0.15) is 28.8 Å². The lowest BCUT2D eigenvalue weighted by Crippen LogP contribution is -2.46. The van der Waals surface area contributed by atoms with Crippen molar-refractivity contribution in [2.45, 2.75) is 19.4 Å². The molecule has 0 atom stereocenters. The molecule has 29 heavy (non-hydrogen) atoms. The number of carbonyl (C=O) groups is 3. The maximum atomic E-state index is 13.2. The van der Waals surface area contributed by atoms with Crippen molar-refractivity contribution in [2.24, 2.45) is 5.92 Å². The summed E-state index contributed by atoms with van der Waals surface area (Å²) < 4.78 is 13.2. The number of nitrogens with zero attached hydrogens (tertiary/aromatic N) is 2. The fraction of sp³-hybridized carbons (Fsp3) is 0.333. The van der Waals surface area contributed by atoms with Crippen LogP contribution < -0.4 is 10.6 Å². The average Bonchev–Trinajstić information content (AvgIpc) is 2.76. The molecular formula is C21H23FN4O3. The molecule has 0 spiro atoms. The zero-order valence-corrected chi connectivity index (χ0v) is 15.9. The Labute approximate surface area is 168 Å². The van der Waals surface area contributed by atoms with Gasteiger partial charge in [0.25, 0.3) is 5.91 Å². The number of benzene rings is 1. The van der Waals surface area contributed by atoms with Crippen LogP contribution in [-0.2, 0) is 16.1 Å². The van der Waals surface area contributed by atoms with Crippen LogP contribution >= 0.6 is 0 Å². The van der Waals surface area contributed by atoms with Crippen molar-refractivity contribution in [1.29, 1.82) is 0 Å². The van der Waals surface area contributed by atoms with Crippen LogP contribution in [0, 0.1) is 11.7 Å². The third-order valence-electron chi connectivity index (χ3n) is 4.89. The molecule has 0 bridgehead atoms. The van der Waals surface area contributed by atoms with E-state index >= 15 is 0 Å². The van der Waals surface area contributed by atoms with Gasteiger partial charge >= 0.3 is 0 Å². The molecule has 1 aromatic heterocycles. The number of pyridine rings is 1. The number of hydrogen-bond donors (Lipinski definition) is 2. The van der Waals surface area contributed by atoms with E-state index in [0.717, 1.165) is 11.6 Å².